The third-order valence-electron chi connectivity index (χ3n) is 7.00. The molecule has 3 aromatic rings. The highest BCUT2D eigenvalue weighted by Crippen LogP contribution is 2.39. The summed E-state index contributed by atoms with van der Waals surface area (Å²) in [5.41, 5.74) is 2.84. The van der Waals surface area contributed by atoms with E-state index in [2.05, 4.69) is 29.4 Å². The second kappa shape index (κ2) is 7.88. The van der Waals surface area contributed by atoms with Gasteiger partial charge in [0, 0.05) is 43.4 Å². The summed E-state index contributed by atoms with van der Waals surface area (Å²) in [6, 6.07) is 14.9. The first-order valence-corrected chi connectivity index (χ1v) is 10.9. The summed E-state index contributed by atoms with van der Waals surface area (Å²) in [7, 11) is 0. The normalized spacial score (nSPS) is 19.8. The number of halogens is 1. The first-order chi connectivity index (χ1) is 14.7. The van der Waals surface area contributed by atoms with Gasteiger partial charge >= 0.3 is 0 Å². The van der Waals surface area contributed by atoms with E-state index in [1.807, 2.05) is 11.0 Å². The van der Waals surface area contributed by atoms with Gasteiger partial charge in [-0.05, 0) is 60.9 Å². The maximum Gasteiger partial charge on any atom is 0.233 e. The van der Waals surface area contributed by atoms with Crippen molar-refractivity contribution >= 4 is 16.8 Å². The number of aromatic amines is 1. The van der Waals surface area contributed by atoms with Gasteiger partial charge in [-0.1, -0.05) is 30.3 Å². The van der Waals surface area contributed by atoms with Crippen LogP contribution in [0.3, 0.4) is 0 Å². The standard InChI is InChI=1S/C25H27FN2O2/c26-20-7-5-19(6-8-20)25(11-15-30-16-12-25)24(29)28-13-9-18(10-14-28)22-17-27-23-4-2-1-3-21(22)23/h1-8,17-18,27H,9-16H2. The summed E-state index contributed by atoms with van der Waals surface area (Å²) in [5.74, 6) is 0.365. The average molecular weight is 407 g/mol. The minimum atomic E-state index is -0.598. The number of nitrogens with zero attached hydrogens (tertiary/aromatic N) is 1. The molecule has 1 N–H and O–H groups in total. The lowest BCUT2D eigenvalue weighted by Gasteiger charge is -2.42. The molecule has 5 heteroatoms. The van der Waals surface area contributed by atoms with E-state index >= 15 is 0 Å². The van der Waals surface area contributed by atoms with Crippen LogP contribution in [-0.4, -0.2) is 42.1 Å². The first kappa shape index (κ1) is 19.3. The Kier molecular flexibility index (Phi) is 5.07. The molecule has 2 aliphatic rings. The van der Waals surface area contributed by atoms with Gasteiger partial charge in [0.15, 0.2) is 0 Å². The van der Waals surface area contributed by atoms with E-state index < -0.39 is 5.41 Å². The summed E-state index contributed by atoms with van der Waals surface area (Å²) in [4.78, 5) is 19.1. The van der Waals surface area contributed by atoms with Gasteiger partial charge in [-0.15, -0.1) is 0 Å². The van der Waals surface area contributed by atoms with Crippen LogP contribution in [0.1, 0.15) is 42.7 Å². The number of carbonyl (C=O) groups excluding carboxylic acids is 1. The van der Waals surface area contributed by atoms with Crippen LogP contribution in [0.4, 0.5) is 4.39 Å². The smallest absolute Gasteiger partial charge is 0.233 e. The zero-order chi connectivity index (χ0) is 20.6. The number of ether oxygens (including phenoxy) is 1. The van der Waals surface area contributed by atoms with Crippen LogP contribution in [0, 0.1) is 5.82 Å². The van der Waals surface area contributed by atoms with E-state index in [4.69, 9.17) is 4.74 Å². The number of likely N-dealkylation sites (tertiary alicyclic amines) is 1. The van der Waals surface area contributed by atoms with Crippen LogP contribution >= 0.6 is 0 Å². The van der Waals surface area contributed by atoms with Gasteiger partial charge < -0.3 is 14.6 Å². The Balaban J connectivity index is 1.35. The zero-order valence-electron chi connectivity index (χ0n) is 17.1. The average Bonchev–Trinajstić information content (AvgIpc) is 3.24. The Bertz CT molecular complexity index is 1030. The monoisotopic (exact) mass is 406 g/mol. The number of hydrogen-bond acceptors (Lipinski definition) is 2. The Morgan fingerprint density at radius 1 is 1.03 bits per heavy atom. The third-order valence-corrected chi connectivity index (χ3v) is 7.00. The predicted octanol–water partition coefficient (Wildman–Crippen LogP) is 4.76. The lowest BCUT2D eigenvalue weighted by atomic mass is 9.72. The van der Waals surface area contributed by atoms with Gasteiger partial charge in [-0.3, -0.25) is 4.79 Å². The van der Waals surface area contributed by atoms with Crippen molar-refractivity contribution in [2.24, 2.45) is 0 Å². The molecule has 0 aliphatic carbocycles. The summed E-state index contributed by atoms with van der Waals surface area (Å²) >= 11 is 0. The van der Waals surface area contributed by atoms with E-state index in [9.17, 15) is 9.18 Å². The number of benzene rings is 2. The van der Waals surface area contributed by atoms with Gasteiger partial charge in [0.1, 0.15) is 5.82 Å². The van der Waals surface area contributed by atoms with Gasteiger partial charge in [0.25, 0.3) is 0 Å². The summed E-state index contributed by atoms with van der Waals surface area (Å²) in [6.45, 7) is 2.64. The van der Waals surface area contributed by atoms with E-state index in [1.165, 1.54) is 28.6 Å². The molecule has 2 fully saturated rings. The fourth-order valence-corrected chi connectivity index (χ4v) is 5.24. The number of carbonyl (C=O) groups is 1. The van der Waals surface area contributed by atoms with Crippen molar-refractivity contribution in [2.45, 2.75) is 37.0 Å². The van der Waals surface area contributed by atoms with Crippen LogP contribution in [0.5, 0.6) is 0 Å². The van der Waals surface area contributed by atoms with Crippen LogP contribution in [0.2, 0.25) is 0 Å². The molecule has 0 bridgehead atoms. The Morgan fingerprint density at radius 2 is 1.73 bits per heavy atom. The van der Waals surface area contributed by atoms with Gasteiger partial charge in [0.05, 0.1) is 5.41 Å². The molecule has 0 spiro atoms. The lowest BCUT2D eigenvalue weighted by molar-refractivity contribution is -0.142. The highest BCUT2D eigenvalue weighted by molar-refractivity contribution is 5.89. The molecule has 2 aliphatic heterocycles. The summed E-state index contributed by atoms with van der Waals surface area (Å²) in [5, 5.41) is 1.29. The molecule has 3 heterocycles. The minimum absolute atomic E-state index is 0.176. The maximum atomic E-state index is 13.7. The molecule has 4 nitrogen and oxygen atoms in total. The molecule has 0 unspecified atom stereocenters. The zero-order valence-corrected chi connectivity index (χ0v) is 17.1. The molecule has 2 aromatic carbocycles. The van der Waals surface area contributed by atoms with Crippen molar-refractivity contribution < 1.29 is 13.9 Å². The maximum absolute atomic E-state index is 13.7. The van der Waals surface area contributed by atoms with Crippen LogP contribution in [-0.2, 0) is 14.9 Å². The Morgan fingerprint density at radius 3 is 2.47 bits per heavy atom. The topological polar surface area (TPSA) is 45.3 Å². The molecule has 2 saturated heterocycles. The second-order valence-electron chi connectivity index (χ2n) is 8.56. The highest BCUT2D eigenvalue weighted by atomic mass is 19.1. The number of H-pyrrole nitrogens is 1. The number of hydrogen-bond donors (Lipinski definition) is 1. The largest absolute Gasteiger partial charge is 0.381 e. The highest BCUT2D eigenvalue weighted by Gasteiger charge is 2.44. The summed E-state index contributed by atoms with van der Waals surface area (Å²) < 4.78 is 19.1. The van der Waals surface area contributed by atoms with Crippen LogP contribution in [0.25, 0.3) is 10.9 Å². The van der Waals surface area contributed by atoms with Crippen molar-refractivity contribution in [1.29, 1.82) is 0 Å². The number of rotatable bonds is 3. The van der Waals surface area contributed by atoms with Gasteiger partial charge in [-0.25, -0.2) is 4.39 Å². The fourth-order valence-electron chi connectivity index (χ4n) is 5.24. The molecule has 1 aromatic heterocycles. The van der Waals surface area contributed by atoms with Crippen LogP contribution < -0.4 is 0 Å². The van der Waals surface area contributed by atoms with Crippen molar-refractivity contribution in [1.82, 2.24) is 9.88 Å². The molecular formula is C25H27FN2O2. The molecule has 1 amide bonds. The van der Waals surface area contributed by atoms with Crippen molar-refractivity contribution in [2.75, 3.05) is 26.3 Å². The number of piperidine rings is 1. The SMILES string of the molecule is O=C(N1CCC(c2c[nH]c3ccccc23)CC1)C1(c2ccc(F)cc2)CCOCC1. The molecule has 0 atom stereocenters. The predicted molar refractivity (Wildman–Crippen MR) is 115 cm³/mol. The van der Waals surface area contributed by atoms with Crippen molar-refractivity contribution in [3.8, 4) is 0 Å². The number of para-hydroxylation sites is 1. The molecule has 5 rings (SSSR count). The Labute approximate surface area is 176 Å². The molecule has 0 saturated carbocycles. The van der Waals surface area contributed by atoms with Gasteiger partial charge in [-0.2, -0.15) is 0 Å². The fraction of sp³-hybridized carbons (Fsp3) is 0.400. The quantitative estimate of drug-likeness (QED) is 0.682. The molecule has 30 heavy (non-hydrogen) atoms. The van der Waals surface area contributed by atoms with Gasteiger partial charge in [0.2, 0.25) is 5.91 Å². The molecular weight excluding hydrogens is 379 g/mol. The number of amides is 1. The van der Waals surface area contributed by atoms with Crippen molar-refractivity contribution in [3.63, 3.8) is 0 Å². The Hall–Kier alpha value is -2.66. The second-order valence-corrected chi connectivity index (χ2v) is 8.56. The lowest BCUT2D eigenvalue weighted by Crippen LogP contribution is -2.51. The van der Waals surface area contributed by atoms with E-state index in [0.29, 0.717) is 32.0 Å². The van der Waals surface area contributed by atoms with E-state index in [-0.39, 0.29) is 11.7 Å². The molecule has 156 valence electrons. The van der Waals surface area contributed by atoms with E-state index in [1.54, 1.807) is 12.1 Å². The first-order valence-electron chi connectivity index (χ1n) is 10.9. The number of nitrogens with one attached hydrogen (secondary N) is 1. The number of fused-ring (bicyclic) bond motifs is 1. The third kappa shape index (κ3) is 3.31. The summed E-state index contributed by atoms with van der Waals surface area (Å²) in [6.07, 6.45) is 5.36. The van der Waals surface area contributed by atoms with Crippen molar-refractivity contribution in [3.05, 3.63) is 71.7 Å². The number of aromatic nitrogens is 1. The minimum Gasteiger partial charge on any atom is -0.381 e. The van der Waals surface area contributed by atoms with Crippen LogP contribution in [0.15, 0.2) is 54.7 Å². The van der Waals surface area contributed by atoms with E-state index in [0.717, 1.165) is 31.5 Å². The molecule has 0 radical (unpaired) electrons.